The van der Waals surface area contributed by atoms with Crippen LogP contribution in [0.1, 0.15) is 6.92 Å². The van der Waals surface area contributed by atoms with E-state index in [1.54, 1.807) is 0 Å². The van der Waals surface area contributed by atoms with Crippen LogP contribution in [0, 0.1) is 5.92 Å². The summed E-state index contributed by atoms with van der Waals surface area (Å²) in [6, 6.07) is 0. The molecule has 0 radical (unpaired) electrons. The number of carbonyl (C=O) groups is 3. The Kier molecular flexibility index (Phi) is 9.12. The first kappa shape index (κ1) is 25.7. The summed E-state index contributed by atoms with van der Waals surface area (Å²) in [6.07, 6.45) is -7.29. The van der Waals surface area contributed by atoms with E-state index in [4.69, 9.17) is 23.7 Å². The lowest BCUT2D eigenvalue weighted by Crippen LogP contribution is -2.60. The number of methoxy groups -OCH3 is 2. The molecule has 32 heavy (non-hydrogen) atoms. The molecule has 2 rings (SSSR count). The summed E-state index contributed by atoms with van der Waals surface area (Å²) in [5, 5.41) is 39.4. The molecule has 7 atom stereocenters. The first-order chi connectivity index (χ1) is 15.2. The van der Waals surface area contributed by atoms with Crippen LogP contribution in [0.2, 0.25) is 0 Å². The number of ether oxygens (including phenoxy) is 6. The third kappa shape index (κ3) is 5.62. The van der Waals surface area contributed by atoms with Crippen molar-refractivity contribution in [3.05, 3.63) is 23.5 Å². The van der Waals surface area contributed by atoms with E-state index < -0.39 is 67.4 Å². The van der Waals surface area contributed by atoms with Gasteiger partial charge in [0.2, 0.25) is 6.29 Å². The molecule has 180 valence electrons. The van der Waals surface area contributed by atoms with Crippen molar-refractivity contribution in [3.8, 4) is 0 Å². The molecule has 13 heteroatoms. The lowest BCUT2D eigenvalue weighted by molar-refractivity contribution is -0.327. The first-order valence-electron chi connectivity index (χ1n) is 9.47. The van der Waals surface area contributed by atoms with Crippen LogP contribution in [0.4, 0.5) is 0 Å². The summed E-state index contributed by atoms with van der Waals surface area (Å²) in [5.74, 6) is -3.79. The summed E-state index contributed by atoms with van der Waals surface area (Å²) in [6.45, 7) is 0.141. The van der Waals surface area contributed by atoms with Gasteiger partial charge in [0, 0.05) is 12.5 Å². The maximum Gasteiger partial charge on any atom is 0.338 e. The Balaban J connectivity index is 2.40. The Labute approximate surface area is 182 Å². The maximum atomic E-state index is 12.5. The molecular formula is C19H26O13. The van der Waals surface area contributed by atoms with Gasteiger partial charge in [0.05, 0.1) is 32.7 Å². The Morgan fingerprint density at radius 1 is 1.09 bits per heavy atom. The molecule has 0 aromatic rings. The standard InChI is InChI=1S/C19H26O13/c1-8(21)29-5-4-9-12(17(26)28-3)10(16(25)27-2)7-30-18(9)32-19-15(24)14(23)13(22)11(6-20)31-19/h4,7,11-15,18-20,22-24H,5-6H2,1-3H3/b9-4+/t11-,12+,13-,14+,15-,18+,19+/m1/s1. The normalized spacial score (nSPS) is 33.7. The van der Waals surface area contributed by atoms with Gasteiger partial charge in [0.15, 0.2) is 6.29 Å². The van der Waals surface area contributed by atoms with Crippen molar-refractivity contribution in [2.45, 2.75) is 43.9 Å². The van der Waals surface area contributed by atoms with Crippen LogP contribution in [0.5, 0.6) is 0 Å². The molecule has 0 aromatic heterocycles. The molecule has 1 fully saturated rings. The van der Waals surface area contributed by atoms with Gasteiger partial charge in [-0.25, -0.2) is 4.79 Å². The minimum Gasteiger partial charge on any atom is -0.468 e. The predicted molar refractivity (Wildman–Crippen MR) is 100 cm³/mol. The van der Waals surface area contributed by atoms with Crippen LogP contribution in [0.15, 0.2) is 23.5 Å². The van der Waals surface area contributed by atoms with Gasteiger partial charge in [-0.1, -0.05) is 0 Å². The summed E-state index contributed by atoms with van der Waals surface area (Å²) in [4.78, 5) is 35.8. The molecule has 4 N–H and O–H groups in total. The molecule has 2 heterocycles. The topological polar surface area (TPSA) is 188 Å². The van der Waals surface area contributed by atoms with Crippen molar-refractivity contribution < 1.29 is 63.2 Å². The third-order valence-electron chi connectivity index (χ3n) is 4.80. The zero-order valence-electron chi connectivity index (χ0n) is 17.6. The highest BCUT2D eigenvalue weighted by molar-refractivity contribution is 5.97. The molecule has 0 spiro atoms. The van der Waals surface area contributed by atoms with Crippen LogP contribution >= 0.6 is 0 Å². The molecular weight excluding hydrogens is 436 g/mol. The number of esters is 3. The fourth-order valence-electron chi connectivity index (χ4n) is 3.14. The van der Waals surface area contributed by atoms with E-state index in [0.29, 0.717) is 0 Å². The Morgan fingerprint density at radius 2 is 1.78 bits per heavy atom. The van der Waals surface area contributed by atoms with Crippen LogP contribution in [0.25, 0.3) is 0 Å². The van der Waals surface area contributed by atoms with E-state index >= 15 is 0 Å². The fraction of sp³-hybridized carbons (Fsp3) is 0.632. The van der Waals surface area contributed by atoms with E-state index in [9.17, 15) is 34.8 Å². The average molecular weight is 462 g/mol. The summed E-state index contributed by atoms with van der Waals surface area (Å²) >= 11 is 0. The second-order valence-corrected chi connectivity index (χ2v) is 6.83. The molecule has 2 aliphatic heterocycles. The minimum absolute atomic E-state index is 0.0436. The van der Waals surface area contributed by atoms with Gasteiger partial charge in [-0.15, -0.1) is 0 Å². The SMILES string of the molecule is COC(=O)C1=CO[C@@H](O[C@@H]2O[C@H](CO)[C@@H](O)[C@H](O)[C@H]2O)/C(=C/COC(C)=O)[C@@H]1C(=O)OC. The lowest BCUT2D eigenvalue weighted by atomic mass is 9.88. The number of rotatable bonds is 7. The van der Waals surface area contributed by atoms with Crippen molar-refractivity contribution in [3.63, 3.8) is 0 Å². The number of hydrogen-bond acceptors (Lipinski definition) is 13. The summed E-state index contributed by atoms with van der Waals surface area (Å²) < 4.78 is 30.5. The molecule has 0 saturated carbocycles. The van der Waals surface area contributed by atoms with E-state index in [1.807, 2.05) is 0 Å². The maximum absolute atomic E-state index is 12.5. The predicted octanol–water partition coefficient (Wildman–Crippen LogP) is -2.51. The lowest BCUT2D eigenvalue weighted by Gasteiger charge is -2.41. The second kappa shape index (κ2) is 11.4. The highest BCUT2D eigenvalue weighted by atomic mass is 16.8. The Morgan fingerprint density at radius 3 is 2.34 bits per heavy atom. The Bertz CT molecular complexity index is 758. The molecule has 1 saturated heterocycles. The molecule has 13 nitrogen and oxygen atoms in total. The van der Waals surface area contributed by atoms with Crippen molar-refractivity contribution in [2.75, 3.05) is 27.4 Å². The van der Waals surface area contributed by atoms with Crippen molar-refractivity contribution in [1.29, 1.82) is 0 Å². The van der Waals surface area contributed by atoms with Crippen LogP contribution in [-0.2, 0) is 42.8 Å². The van der Waals surface area contributed by atoms with E-state index in [1.165, 1.54) is 6.08 Å². The van der Waals surface area contributed by atoms with Gasteiger partial charge in [-0.3, -0.25) is 9.59 Å². The van der Waals surface area contributed by atoms with Gasteiger partial charge in [-0.05, 0) is 6.08 Å². The van der Waals surface area contributed by atoms with E-state index in [0.717, 1.165) is 27.4 Å². The van der Waals surface area contributed by atoms with Crippen molar-refractivity contribution >= 4 is 17.9 Å². The van der Waals surface area contributed by atoms with Gasteiger partial charge < -0.3 is 48.8 Å². The zero-order chi connectivity index (χ0) is 24.0. The number of aliphatic hydroxyl groups excluding tert-OH is 4. The fourth-order valence-corrected chi connectivity index (χ4v) is 3.14. The smallest absolute Gasteiger partial charge is 0.338 e. The Hall–Kier alpha value is -2.55. The van der Waals surface area contributed by atoms with Crippen LogP contribution in [0.3, 0.4) is 0 Å². The number of hydrogen-bond donors (Lipinski definition) is 4. The quantitative estimate of drug-likeness (QED) is 0.177. The highest BCUT2D eigenvalue weighted by Crippen LogP contribution is 2.34. The first-order valence-corrected chi connectivity index (χ1v) is 9.47. The number of carbonyl (C=O) groups excluding carboxylic acids is 3. The summed E-state index contributed by atoms with van der Waals surface area (Å²) in [7, 11) is 2.18. The summed E-state index contributed by atoms with van der Waals surface area (Å²) in [5.41, 5.74) is -0.278. The van der Waals surface area contributed by atoms with Crippen LogP contribution in [-0.4, -0.2) is 103 Å². The third-order valence-corrected chi connectivity index (χ3v) is 4.80. The minimum atomic E-state index is -1.76. The monoisotopic (exact) mass is 462 g/mol. The highest BCUT2D eigenvalue weighted by Gasteiger charge is 2.47. The molecule has 0 aliphatic carbocycles. The average Bonchev–Trinajstić information content (AvgIpc) is 2.78. The largest absolute Gasteiger partial charge is 0.468 e. The molecule has 2 aliphatic rings. The molecule has 0 bridgehead atoms. The second-order valence-electron chi connectivity index (χ2n) is 6.83. The molecule has 0 unspecified atom stereocenters. The van der Waals surface area contributed by atoms with Gasteiger partial charge in [-0.2, -0.15) is 0 Å². The van der Waals surface area contributed by atoms with E-state index in [-0.39, 0.29) is 17.8 Å². The zero-order valence-corrected chi connectivity index (χ0v) is 17.6. The van der Waals surface area contributed by atoms with Gasteiger partial charge >= 0.3 is 17.9 Å². The van der Waals surface area contributed by atoms with E-state index in [2.05, 4.69) is 4.74 Å². The molecule has 0 aromatic carbocycles. The van der Waals surface area contributed by atoms with Crippen molar-refractivity contribution in [1.82, 2.24) is 0 Å². The molecule has 0 amide bonds. The number of aliphatic hydroxyl groups is 4. The van der Waals surface area contributed by atoms with Gasteiger partial charge in [0.25, 0.3) is 0 Å². The van der Waals surface area contributed by atoms with Crippen molar-refractivity contribution in [2.24, 2.45) is 5.92 Å². The van der Waals surface area contributed by atoms with Gasteiger partial charge in [0.1, 0.15) is 36.9 Å². The van der Waals surface area contributed by atoms with Crippen LogP contribution < -0.4 is 0 Å².